The summed E-state index contributed by atoms with van der Waals surface area (Å²) < 4.78 is 4.86. The highest BCUT2D eigenvalue weighted by atomic mass is 16.5. The number of carbonyl (C=O) groups excluding carboxylic acids is 1. The van der Waals surface area contributed by atoms with Gasteiger partial charge in [0.05, 0.1) is 6.61 Å². The van der Waals surface area contributed by atoms with Gasteiger partial charge in [0, 0.05) is 6.42 Å². The van der Waals surface area contributed by atoms with E-state index in [1.165, 1.54) is 38.5 Å². The summed E-state index contributed by atoms with van der Waals surface area (Å²) in [4.78, 5) is 11.6. The fourth-order valence-electron chi connectivity index (χ4n) is 2.49. The Morgan fingerprint density at radius 2 is 1.28 bits per heavy atom. The molecule has 5 N–H and O–H groups in total. The first-order valence-electron chi connectivity index (χ1n) is 9.42. The molecule has 0 aromatic heterocycles. The Bertz CT molecular complexity index is 325. The fourth-order valence-corrected chi connectivity index (χ4v) is 2.49. The number of aliphatic hydroxyl groups is 5. The standard InChI is InChI=1S/C18H36O7/c1-2-3-4-5-6-7-8-9-10-11-16(22)25-13-15(21)18(24)17(23)14(20)12-19/h14-15,17-21,23-24H,2-13H2,1H3/t14-,15-,17-,18-/m0/s1. The van der Waals surface area contributed by atoms with E-state index < -0.39 is 43.6 Å². The van der Waals surface area contributed by atoms with Crippen molar-refractivity contribution in [2.24, 2.45) is 0 Å². The highest BCUT2D eigenvalue weighted by Gasteiger charge is 2.30. The topological polar surface area (TPSA) is 127 Å². The molecule has 7 nitrogen and oxygen atoms in total. The number of ether oxygens (including phenoxy) is 1. The lowest BCUT2D eigenvalue weighted by Crippen LogP contribution is -2.47. The number of esters is 1. The molecule has 0 heterocycles. The van der Waals surface area contributed by atoms with Crippen molar-refractivity contribution in [3.63, 3.8) is 0 Å². The zero-order valence-electron chi connectivity index (χ0n) is 15.3. The smallest absolute Gasteiger partial charge is 0.305 e. The summed E-state index contributed by atoms with van der Waals surface area (Å²) >= 11 is 0. The van der Waals surface area contributed by atoms with Gasteiger partial charge in [0.15, 0.2) is 0 Å². The third-order valence-corrected chi connectivity index (χ3v) is 4.22. The lowest BCUT2D eigenvalue weighted by atomic mass is 10.0. The summed E-state index contributed by atoms with van der Waals surface area (Å²) in [7, 11) is 0. The minimum Gasteiger partial charge on any atom is -0.463 e. The molecule has 150 valence electrons. The second-order valence-electron chi connectivity index (χ2n) is 6.56. The summed E-state index contributed by atoms with van der Waals surface area (Å²) in [6.45, 7) is 0.982. The van der Waals surface area contributed by atoms with Crippen molar-refractivity contribution in [2.45, 2.75) is 95.5 Å². The van der Waals surface area contributed by atoms with E-state index >= 15 is 0 Å². The largest absolute Gasteiger partial charge is 0.463 e. The Labute approximate surface area is 150 Å². The first-order valence-corrected chi connectivity index (χ1v) is 9.42. The summed E-state index contributed by atoms with van der Waals surface area (Å²) in [6.07, 6.45) is 4.01. The van der Waals surface area contributed by atoms with Crippen LogP contribution >= 0.6 is 0 Å². The van der Waals surface area contributed by atoms with Gasteiger partial charge in [0.2, 0.25) is 0 Å². The quantitative estimate of drug-likeness (QED) is 0.203. The molecule has 7 heteroatoms. The highest BCUT2D eigenvalue weighted by molar-refractivity contribution is 5.69. The maximum atomic E-state index is 11.6. The van der Waals surface area contributed by atoms with Crippen molar-refractivity contribution in [2.75, 3.05) is 13.2 Å². The van der Waals surface area contributed by atoms with Crippen molar-refractivity contribution >= 4 is 5.97 Å². The van der Waals surface area contributed by atoms with Gasteiger partial charge in [0.1, 0.15) is 31.0 Å². The van der Waals surface area contributed by atoms with Crippen LogP contribution in [0.2, 0.25) is 0 Å². The van der Waals surface area contributed by atoms with Crippen molar-refractivity contribution in [3.8, 4) is 0 Å². The Hall–Kier alpha value is -0.730. The van der Waals surface area contributed by atoms with Crippen LogP contribution in [0.4, 0.5) is 0 Å². The van der Waals surface area contributed by atoms with Crippen LogP contribution < -0.4 is 0 Å². The van der Waals surface area contributed by atoms with Crippen molar-refractivity contribution in [3.05, 3.63) is 0 Å². The van der Waals surface area contributed by atoms with Crippen LogP contribution in [0.1, 0.15) is 71.1 Å². The molecule has 0 amide bonds. The van der Waals surface area contributed by atoms with Gasteiger partial charge in [-0.1, -0.05) is 58.3 Å². The van der Waals surface area contributed by atoms with Gasteiger partial charge >= 0.3 is 5.97 Å². The number of aliphatic hydroxyl groups excluding tert-OH is 5. The van der Waals surface area contributed by atoms with E-state index in [1.54, 1.807) is 0 Å². The normalized spacial score (nSPS) is 16.2. The second kappa shape index (κ2) is 15.5. The minimum atomic E-state index is -1.71. The van der Waals surface area contributed by atoms with Gasteiger partial charge in [-0.3, -0.25) is 4.79 Å². The monoisotopic (exact) mass is 364 g/mol. The lowest BCUT2D eigenvalue weighted by molar-refractivity contribution is -0.156. The van der Waals surface area contributed by atoms with E-state index in [9.17, 15) is 25.2 Å². The Morgan fingerprint density at radius 3 is 1.80 bits per heavy atom. The highest BCUT2D eigenvalue weighted by Crippen LogP contribution is 2.11. The van der Waals surface area contributed by atoms with Crippen LogP contribution in [0.15, 0.2) is 0 Å². The number of rotatable bonds is 16. The van der Waals surface area contributed by atoms with E-state index in [1.807, 2.05) is 0 Å². The van der Waals surface area contributed by atoms with E-state index in [4.69, 9.17) is 9.84 Å². The second-order valence-corrected chi connectivity index (χ2v) is 6.56. The van der Waals surface area contributed by atoms with Gasteiger partial charge in [-0.05, 0) is 6.42 Å². The lowest BCUT2D eigenvalue weighted by Gasteiger charge is -2.25. The molecular weight excluding hydrogens is 328 g/mol. The number of hydrogen-bond donors (Lipinski definition) is 5. The van der Waals surface area contributed by atoms with Crippen molar-refractivity contribution in [1.29, 1.82) is 0 Å². The van der Waals surface area contributed by atoms with Crippen LogP contribution in [0.5, 0.6) is 0 Å². The van der Waals surface area contributed by atoms with Crippen LogP contribution in [-0.4, -0.2) is 69.1 Å². The third-order valence-electron chi connectivity index (χ3n) is 4.22. The first-order chi connectivity index (χ1) is 11.9. The fraction of sp³-hybridized carbons (Fsp3) is 0.944. The van der Waals surface area contributed by atoms with Gasteiger partial charge in [0.25, 0.3) is 0 Å². The number of unbranched alkanes of at least 4 members (excludes halogenated alkanes) is 8. The molecule has 0 rings (SSSR count). The summed E-state index contributed by atoms with van der Waals surface area (Å²) in [5.41, 5.74) is 0. The molecule has 0 aromatic rings. The van der Waals surface area contributed by atoms with Crippen LogP contribution in [0.3, 0.4) is 0 Å². The Morgan fingerprint density at radius 1 is 0.800 bits per heavy atom. The maximum Gasteiger partial charge on any atom is 0.305 e. The molecule has 4 atom stereocenters. The average molecular weight is 364 g/mol. The molecule has 0 saturated carbocycles. The minimum absolute atomic E-state index is 0.250. The van der Waals surface area contributed by atoms with Crippen LogP contribution in [-0.2, 0) is 9.53 Å². The predicted molar refractivity (Wildman–Crippen MR) is 93.9 cm³/mol. The molecule has 25 heavy (non-hydrogen) atoms. The maximum absolute atomic E-state index is 11.6. The van der Waals surface area contributed by atoms with Gasteiger partial charge in [-0.15, -0.1) is 0 Å². The molecule has 0 unspecified atom stereocenters. The number of hydrogen-bond acceptors (Lipinski definition) is 7. The molecule has 0 aromatic carbocycles. The molecule has 0 fully saturated rings. The molecule has 0 aliphatic rings. The van der Waals surface area contributed by atoms with Gasteiger partial charge in [-0.2, -0.15) is 0 Å². The molecule has 0 aliphatic heterocycles. The summed E-state index contributed by atoms with van der Waals surface area (Å²) in [5, 5.41) is 46.5. The van der Waals surface area contributed by atoms with Crippen LogP contribution in [0, 0.1) is 0 Å². The molecule has 0 bridgehead atoms. The van der Waals surface area contributed by atoms with E-state index in [0.717, 1.165) is 19.3 Å². The molecule has 0 saturated heterocycles. The Kier molecular flexibility index (Phi) is 15.1. The van der Waals surface area contributed by atoms with E-state index in [0.29, 0.717) is 0 Å². The SMILES string of the molecule is CCCCCCCCCCCC(=O)OC[C@H](O)[C@H](O)[C@@H](O)[C@@H](O)CO. The van der Waals surface area contributed by atoms with Crippen molar-refractivity contribution < 1.29 is 35.1 Å². The molecule has 0 spiro atoms. The van der Waals surface area contributed by atoms with E-state index in [-0.39, 0.29) is 6.42 Å². The van der Waals surface area contributed by atoms with E-state index in [2.05, 4.69) is 6.92 Å². The van der Waals surface area contributed by atoms with Gasteiger partial charge in [-0.25, -0.2) is 0 Å². The first kappa shape index (κ1) is 24.3. The zero-order valence-corrected chi connectivity index (χ0v) is 15.3. The zero-order chi connectivity index (χ0) is 19.1. The van der Waals surface area contributed by atoms with Crippen molar-refractivity contribution in [1.82, 2.24) is 0 Å². The predicted octanol–water partition coefficient (Wildman–Crippen LogP) is 0.886. The summed E-state index contributed by atoms with van der Waals surface area (Å²) in [6, 6.07) is 0. The van der Waals surface area contributed by atoms with Crippen LogP contribution in [0.25, 0.3) is 0 Å². The molecule has 0 radical (unpaired) electrons. The Balaban J connectivity index is 3.66. The van der Waals surface area contributed by atoms with Gasteiger partial charge < -0.3 is 30.3 Å². The average Bonchev–Trinajstić information content (AvgIpc) is 2.62. The summed E-state index contributed by atoms with van der Waals surface area (Å²) in [5.74, 6) is -0.466. The molecular formula is C18H36O7. The number of carbonyl (C=O) groups is 1. The molecule has 0 aliphatic carbocycles. The third kappa shape index (κ3) is 12.3.